The van der Waals surface area contributed by atoms with Crippen molar-refractivity contribution >= 4 is 33.7 Å². The first-order chi connectivity index (χ1) is 13.1. The van der Waals surface area contributed by atoms with Crippen molar-refractivity contribution in [3.63, 3.8) is 0 Å². The molecule has 0 aromatic heterocycles. The van der Waals surface area contributed by atoms with Crippen molar-refractivity contribution in [3.05, 3.63) is 29.3 Å². The van der Waals surface area contributed by atoms with E-state index in [1.54, 1.807) is 11.0 Å². The minimum atomic E-state index is -0.593. The maximum Gasteiger partial charge on any atom is 0.255 e. The zero-order chi connectivity index (χ0) is 19.2. The summed E-state index contributed by atoms with van der Waals surface area (Å²) in [5, 5.41) is 3.38. The number of benzene rings is 1. The predicted octanol–water partition coefficient (Wildman–Crippen LogP) is 3.17. The van der Waals surface area contributed by atoms with E-state index in [2.05, 4.69) is 21.2 Å². The van der Waals surface area contributed by atoms with Crippen molar-refractivity contribution in [2.75, 3.05) is 11.9 Å². The Morgan fingerprint density at radius 2 is 1.89 bits per heavy atom. The van der Waals surface area contributed by atoms with Crippen LogP contribution in [0.1, 0.15) is 60.9 Å². The molecular weight excluding hydrogens is 412 g/mol. The van der Waals surface area contributed by atoms with Gasteiger partial charge in [-0.25, -0.2) is 0 Å². The molecule has 0 aliphatic carbocycles. The van der Waals surface area contributed by atoms with Gasteiger partial charge in [-0.15, -0.1) is 0 Å². The average molecular weight is 437 g/mol. The summed E-state index contributed by atoms with van der Waals surface area (Å²) in [6, 6.07) is 4.88. The SMILES string of the molecule is O=C1CCC(N2Cc3c(OCCCCCCCBr)cccc3C2=O)C(=O)N1. The summed E-state index contributed by atoms with van der Waals surface area (Å²) in [5.41, 5.74) is 1.43. The molecule has 1 N–H and O–H groups in total. The lowest BCUT2D eigenvalue weighted by Gasteiger charge is -2.29. The molecule has 2 aliphatic heterocycles. The molecule has 6 nitrogen and oxygen atoms in total. The number of hydrogen-bond acceptors (Lipinski definition) is 4. The highest BCUT2D eigenvalue weighted by Crippen LogP contribution is 2.33. The lowest BCUT2D eigenvalue weighted by atomic mass is 10.0. The molecule has 2 heterocycles. The number of fused-ring (bicyclic) bond motifs is 1. The summed E-state index contributed by atoms with van der Waals surface area (Å²) < 4.78 is 5.94. The van der Waals surface area contributed by atoms with E-state index in [-0.39, 0.29) is 18.2 Å². The first-order valence-electron chi connectivity index (χ1n) is 9.57. The highest BCUT2D eigenvalue weighted by molar-refractivity contribution is 9.09. The van der Waals surface area contributed by atoms with Crippen LogP contribution in [0.15, 0.2) is 18.2 Å². The van der Waals surface area contributed by atoms with Crippen molar-refractivity contribution in [3.8, 4) is 5.75 Å². The molecule has 0 radical (unpaired) electrons. The third-order valence-corrected chi connectivity index (χ3v) is 5.64. The smallest absolute Gasteiger partial charge is 0.255 e. The Kier molecular flexibility index (Phi) is 6.88. The summed E-state index contributed by atoms with van der Waals surface area (Å²) in [6.07, 6.45) is 6.36. The lowest BCUT2D eigenvalue weighted by Crippen LogP contribution is -2.52. The van der Waals surface area contributed by atoms with Crippen LogP contribution < -0.4 is 10.1 Å². The fourth-order valence-corrected chi connectivity index (χ4v) is 4.00. The molecule has 0 spiro atoms. The van der Waals surface area contributed by atoms with Crippen molar-refractivity contribution in [2.24, 2.45) is 0 Å². The largest absolute Gasteiger partial charge is 0.493 e. The standard InChI is InChI=1S/C20H25BrN2O4/c21-11-4-2-1-3-5-12-27-17-8-6-7-14-15(17)13-23(20(14)26)16-9-10-18(24)22-19(16)25/h6-8,16H,1-5,9-13H2,(H,22,24,25). The molecule has 1 aromatic rings. The summed E-state index contributed by atoms with van der Waals surface area (Å²) in [7, 11) is 0. The molecule has 1 unspecified atom stereocenters. The van der Waals surface area contributed by atoms with Gasteiger partial charge in [-0.1, -0.05) is 41.3 Å². The van der Waals surface area contributed by atoms with Crippen molar-refractivity contribution in [1.82, 2.24) is 10.2 Å². The second kappa shape index (κ2) is 9.35. The van der Waals surface area contributed by atoms with Gasteiger partial charge in [0.15, 0.2) is 0 Å². The monoisotopic (exact) mass is 436 g/mol. The lowest BCUT2D eigenvalue weighted by molar-refractivity contribution is -0.136. The Morgan fingerprint density at radius 1 is 1.11 bits per heavy atom. The van der Waals surface area contributed by atoms with Crippen LogP contribution in [0.3, 0.4) is 0 Å². The number of unbranched alkanes of at least 4 members (excludes halogenated alkanes) is 4. The average Bonchev–Trinajstić information content (AvgIpc) is 2.98. The van der Waals surface area contributed by atoms with Crippen LogP contribution in [0.5, 0.6) is 5.75 Å². The number of ether oxygens (including phenoxy) is 1. The number of nitrogens with one attached hydrogen (secondary N) is 1. The molecule has 1 aromatic carbocycles. The van der Waals surface area contributed by atoms with Gasteiger partial charge in [0.1, 0.15) is 11.8 Å². The van der Waals surface area contributed by atoms with E-state index in [1.165, 1.54) is 19.3 Å². The fraction of sp³-hybridized carbons (Fsp3) is 0.550. The van der Waals surface area contributed by atoms with E-state index in [0.717, 1.165) is 29.5 Å². The molecule has 3 rings (SSSR count). The molecular formula is C20H25BrN2O4. The number of piperidine rings is 1. The molecule has 1 saturated heterocycles. The molecule has 27 heavy (non-hydrogen) atoms. The quantitative estimate of drug-likeness (QED) is 0.366. The predicted molar refractivity (Wildman–Crippen MR) is 105 cm³/mol. The van der Waals surface area contributed by atoms with Crippen molar-refractivity contribution in [2.45, 2.75) is 57.5 Å². The van der Waals surface area contributed by atoms with Crippen molar-refractivity contribution < 1.29 is 19.1 Å². The van der Waals surface area contributed by atoms with Crippen LogP contribution in [-0.2, 0) is 16.1 Å². The summed E-state index contributed by atoms with van der Waals surface area (Å²) in [6.45, 7) is 0.971. The summed E-state index contributed by atoms with van der Waals surface area (Å²) in [5.74, 6) is -0.116. The molecule has 3 amide bonds. The first kappa shape index (κ1) is 19.9. The van der Waals surface area contributed by atoms with Gasteiger partial charge in [0.25, 0.3) is 5.91 Å². The third kappa shape index (κ3) is 4.69. The molecule has 0 bridgehead atoms. The second-order valence-corrected chi connectivity index (χ2v) is 7.78. The van der Waals surface area contributed by atoms with Crippen molar-refractivity contribution in [1.29, 1.82) is 0 Å². The van der Waals surface area contributed by atoms with Gasteiger partial charge in [0.05, 0.1) is 13.2 Å². The van der Waals surface area contributed by atoms with Gasteiger partial charge in [-0.2, -0.15) is 0 Å². The van der Waals surface area contributed by atoms with Crippen LogP contribution in [0.2, 0.25) is 0 Å². The first-order valence-corrected chi connectivity index (χ1v) is 10.7. The van der Waals surface area contributed by atoms with Gasteiger partial charge < -0.3 is 9.64 Å². The van der Waals surface area contributed by atoms with E-state index < -0.39 is 11.9 Å². The Balaban J connectivity index is 1.59. The van der Waals surface area contributed by atoms with E-state index in [4.69, 9.17) is 4.74 Å². The zero-order valence-electron chi connectivity index (χ0n) is 15.3. The fourth-order valence-electron chi connectivity index (χ4n) is 3.60. The van der Waals surface area contributed by atoms with Crippen LogP contribution in [-0.4, -0.2) is 40.6 Å². The van der Waals surface area contributed by atoms with E-state index >= 15 is 0 Å². The van der Waals surface area contributed by atoms with E-state index in [0.29, 0.717) is 25.1 Å². The normalized spacial score (nSPS) is 19.2. The number of amides is 3. The number of halogens is 1. The Hall–Kier alpha value is -1.89. The van der Waals surface area contributed by atoms with Crippen LogP contribution in [0, 0.1) is 0 Å². The van der Waals surface area contributed by atoms with E-state index in [9.17, 15) is 14.4 Å². The Labute approximate surface area is 167 Å². The number of imide groups is 1. The molecule has 1 atom stereocenters. The number of carbonyl (C=O) groups excluding carboxylic acids is 3. The van der Waals surface area contributed by atoms with Gasteiger partial charge in [0, 0.05) is 22.9 Å². The zero-order valence-corrected chi connectivity index (χ0v) is 16.9. The maximum atomic E-state index is 12.8. The number of hydrogen-bond donors (Lipinski definition) is 1. The Bertz CT molecular complexity index is 722. The molecule has 1 fully saturated rings. The van der Waals surface area contributed by atoms with Crippen LogP contribution in [0.4, 0.5) is 0 Å². The minimum absolute atomic E-state index is 0.167. The van der Waals surface area contributed by atoms with E-state index in [1.807, 2.05) is 12.1 Å². The summed E-state index contributed by atoms with van der Waals surface area (Å²) >= 11 is 3.44. The highest BCUT2D eigenvalue weighted by Gasteiger charge is 2.40. The second-order valence-electron chi connectivity index (χ2n) is 6.99. The molecule has 2 aliphatic rings. The van der Waals surface area contributed by atoms with Gasteiger partial charge >= 0.3 is 0 Å². The summed E-state index contributed by atoms with van der Waals surface area (Å²) in [4.78, 5) is 37.8. The van der Waals surface area contributed by atoms with Gasteiger partial charge in [-0.05, 0) is 31.4 Å². The van der Waals surface area contributed by atoms with Crippen LogP contribution in [0.25, 0.3) is 0 Å². The van der Waals surface area contributed by atoms with Crippen LogP contribution >= 0.6 is 15.9 Å². The third-order valence-electron chi connectivity index (χ3n) is 5.07. The maximum absolute atomic E-state index is 12.8. The molecule has 0 saturated carbocycles. The Morgan fingerprint density at radius 3 is 2.67 bits per heavy atom. The number of nitrogens with zero attached hydrogens (tertiary/aromatic N) is 1. The topological polar surface area (TPSA) is 75.7 Å². The van der Waals surface area contributed by atoms with Gasteiger partial charge in [0.2, 0.25) is 11.8 Å². The number of alkyl halides is 1. The molecule has 146 valence electrons. The molecule has 7 heteroatoms. The number of rotatable bonds is 9. The van der Waals surface area contributed by atoms with Gasteiger partial charge in [-0.3, -0.25) is 19.7 Å². The number of carbonyl (C=O) groups is 3. The minimum Gasteiger partial charge on any atom is -0.493 e. The highest BCUT2D eigenvalue weighted by atomic mass is 79.9.